The van der Waals surface area contributed by atoms with E-state index in [9.17, 15) is 4.79 Å². The van der Waals surface area contributed by atoms with E-state index in [4.69, 9.17) is 4.74 Å². The number of rotatable bonds is 6. The van der Waals surface area contributed by atoms with Crippen LogP contribution in [0.25, 0.3) is 10.8 Å². The SMILES string of the molecule is CCNNc1ccc2c3c(cccc13)C(=O)N2Cc1ccc(OC)cc1. The minimum Gasteiger partial charge on any atom is -0.497 e. The summed E-state index contributed by atoms with van der Waals surface area (Å²) in [7, 11) is 1.65. The molecule has 0 aromatic heterocycles. The lowest BCUT2D eigenvalue weighted by Gasteiger charge is -2.18. The number of carbonyl (C=O) groups is 1. The minimum absolute atomic E-state index is 0.0435. The van der Waals surface area contributed by atoms with Gasteiger partial charge < -0.3 is 15.1 Å². The van der Waals surface area contributed by atoms with Crippen molar-refractivity contribution < 1.29 is 9.53 Å². The summed E-state index contributed by atoms with van der Waals surface area (Å²) < 4.78 is 5.21. The standard InChI is InChI=1S/C21H21N3O2/c1-3-22-23-18-11-12-19-20-16(18)5-4-6-17(20)21(25)24(19)13-14-7-9-15(26-2)10-8-14/h4-12,22-23H,3,13H2,1-2H3. The summed E-state index contributed by atoms with van der Waals surface area (Å²) in [5, 5.41) is 2.06. The molecule has 3 aromatic carbocycles. The summed E-state index contributed by atoms with van der Waals surface area (Å²) in [4.78, 5) is 14.8. The first-order valence-electron chi connectivity index (χ1n) is 8.72. The monoisotopic (exact) mass is 347 g/mol. The van der Waals surface area contributed by atoms with E-state index >= 15 is 0 Å². The Morgan fingerprint density at radius 2 is 1.85 bits per heavy atom. The van der Waals surface area contributed by atoms with Crippen LogP contribution in [0.2, 0.25) is 0 Å². The van der Waals surface area contributed by atoms with Gasteiger partial charge in [0.2, 0.25) is 0 Å². The average Bonchev–Trinajstić information content (AvgIpc) is 2.95. The van der Waals surface area contributed by atoms with Gasteiger partial charge in [0.1, 0.15) is 5.75 Å². The van der Waals surface area contributed by atoms with Crippen LogP contribution in [0.4, 0.5) is 11.4 Å². The van der Waals surface area contributed by atoms with E-state index in [1.807, 2.05) is 66.4 Å². The van der Waals surface area contributed by atoms with Crippen molar-refractivity contribution in [2.45, 2.75) is 13.5 Å². The van der Waals surface area contributed by atoms with Crippen molar-refractivity contribution in [3.63, 3.8) is 0 Å². The number of nitrogens with one attached hydrogen (secondary N) is 2. The fraction of sp³-hybridized carbons (Fsp3) is 0.190. The molecule has 1 amide bonds. The van der Waals surface area contributed by atoms with Gasteiger partial charge in [-0.15, -0.1) is 0 Å². The maximum absolute atomic E-state index is 13.0. The molecule has 2 N–H and O–H groups in total. The number of hydrogen-bond donors (Lipinski definition) is 2. The van der Waals surface area contributed by atoms with Gasteiger partial charge in [0, 0.05) is 22.9 Å². The molecular weight excluding hydrogens is 326 g/mol. The second-order valence-corrected chi connectivity index (χ2v) is 6.26. The third-order valence-electron chi connectivity index (χ3n) is 4.68. The van der Waals surface area contributed by atoms with Crippen molar-refractivity contribution in [1.82, 2.24) is 5.43 Å². The first-order valence-corrected chi connectivity index (χ1v) is 8.72. The largest absolute Gasteiger partial charge is 0.497 e. The summed E-state index contributed by atoms with van der Waals surface area (Å²) in [6, 6.07) is 17.7. The summed E-state index contributed by atoms with van der Waals surface area (Å²) >= 11 is 0. The molecule has 0 unspecified atom stereocenters. The maximum atomic E-state index is 13.0. The Morgan fingerprint density at radius 1 is 1.04 bits per heavy atom. The van der Waals surface area contributed by atoms with Gasteiger partial charge in [-0.25, -0.2) is 5.43 Å². The molecule has 0 spiro atoms. The molecule has 132 valence electrons. The third kappa shape index (κ3) is 2.66. The second-order valence-electron chi connectivity index (χ2n) is 6.26. The molecule has 0 saturated carbocycles. The molecule has 0 radical (unpaired) electrons. The maximum Gasteiger partial charge on any atom is 0.259 e. The van der Waals surface area contributed by atoms with Gasteiger partial charge in [-0.2, -0.15) is 0 Å². The fourth-order valence-electron chi connectivity index (χ4n) is 3.41. The number of hydrazine groups is 1. The molecule has 1 aliphatic rings. The van der Waals surface area contributed by atoms with Crippen molar-refractivity contribution in [3.8, 4) is 5.75 Å². The molecular formula is C21H21N3O2. The predicted molar refractivity (Wildman–Crippen MR) is 105 cm³/mol. The van der Waals surface area contributed by atoms with Gasteiger partial charge in [0.05, 0.1) is 25.0 Å². The molecule has 1 heterocycles. The normalized spacial score (nSPS) is 12.7. The van der Waals surface area contributed by atoms with Crippen LogP contribution in [-0.4, -0.2) is 19.6 Å². The number of anilines is 2. The summed E-state index contributed by atoms with van der Waals surface area (Å²) in [6.45, 7) is 3.38. The van der Waals surface area contributed by atoms with Crippen LogP contribution in [0.3, 0.4) is 0 Å². The van der Waals surface area contributed by atoms with Crippen LogP contribution in [-0.2, 0) is 6.54 Å². The number of hydrogen-bond acceptors (Lipinski definition) is 4. The zero-order chi connectivity index (χ0) is 18.1. The topological polar surface area (TPSA) is 53.6 Å². The van der Waals surface area contributed by atoms with Crippen molar-refractivity contribution in [2.75, 3.05) is 24.0 Å². The summed E-state index contributed by atoms with van der Waals surface area (Å²) in [6.07, 6.45) is 0. The number of benzene rings is 3. The average molecular weight is 347 g/mol. The highest BCUT2D eigenvalue weighted by Gasteiger charge is 2.30. The molecule has 3 aromatic rings. The van der Waals surface area contributed by atoms with E-state index in [1.165, 1.54) is 0 Å². The van der Waals surface area contributed by atoms with Crippen molar-refractivity contribution >= 4 is 28.1 Å². The Labute approximate surface area is 152 Å². The van der Waals surface area contributed by atoms with Gasteiger partial charge in [-0.05, 0) is 35.9 Å². The first kappa shape index (κ1) is 16.4. The van der Waals surface area contributed by atoms with Crippen LogP contribution < -0.4 is 20.5 Å². The lowest BCUT2D eigenvalue weighted by Crippen LogP contribution is -2.26. The Bertz CT molecular complexity index is 967. The van der Waals surface area contributed by atoms with Gasteiger partial charge in [0.25, 0.3) is 5.91 Å². The molecule has 0 fully saturated rings. The quantitative estimate of drug-likeness (QED) is 0.663. The van der Waals surface area contributed by atoms with Gasteiger partial charge >= 0.3 is 0 Å². The Hall–Kier alpha value is -3.05. The number of ether oxygens (including phenoxy) is 1. The Balaban J connectivity index is 1.73. The minimum atomic E-state index is 0.0435. The van der Waals surface area contributed by atoms with Crippen LogP contribution in [0.15, 0.2) is 54.6 Å². The molecule has 1 aliphatic heterocycles. The second kappa shape index (κ2) is 6.69. The van der Waals surface area contributed by atoms with E-state index < -0.39 is 0 Å². The van der Waals surface area contributed by atoms with Crippen LogP contribution in [0, 0.1) is 0 Å². The summed E-state index contributed by atoms with van der Waals surface area (Å²) in [5.41, 5.74) is 10.1. The van der Waals surface area contributed by atoms with Crippen molar-refractivity contribution in [2.24, 2.45) is 0 Å². The van der Waals surface area contributed by atoms with Crippen molar-refractivity contribution in [3.05, 3.63) is 65.7 Å². The third-order valence-corrected chi connectivity index (χ3v) is 4.68. The highest BCUT2D eigenvalue weighted by Crippen LogP contribution is 2.41. The Kier molecular flexibility index (Phi) is 4.22. The number of methoxy groups -OCH3 is 1. The predicted octanol–water partition coefficient (Wildman–Crippen LogP) is 3.95. The fourth-order valence-corrected chi connectivity index (χ4v) is 3.41. The van der Waals surface area contributed by atoms with Gasteiger partial charge in [0.15, 0.2) is 0 Å². The van der Waals surface area contributed by atoms with Crippen molar-refractivity contribution in [1.29, 1.82) is 0 Å². The first-order chi connectivity index (χ1) is 12.7. The molecule has 4 rings (SSSR count). The summed E-state index contributed by atoms with van der Waals surface area (Å²) in [5.74, 6) is 0.855. The van der Waals surface area contributed by atoms with Crippen LogP contribution in [0.1, 0.15) is 22.8 Å². The van der Waals surface area contributed by atoms with E-state index in [0.29, 0.717) is 6.54 Å². The molecule has 26 heavy (non-hydrogen) atoms. The highest BCUT2D eigenvalue weighted by atomic mass is 16.5. The molecule has 0 aliphatic carbocycles. The molecule has 0 saturated heterocycles. The zero-order valence-electron chi connectivity index (χ0n) is 14.9. The molecule has 5 heteroatoms. The van der Waals surface area contributed by atoms with Gasteiger partial charge in [-0.3, -0.25) is 4.79 Å². The molecule has 0 bridgehead atoms. The van der Waals surface area contributed by atoms with E-state index in [1.54, 1.807) is 7.11 Å². The van der Waals surface area contributed by atoms with Crippen LogP contribution in [0.5, 0.6) is 5.75 Å². The van der Waals surface area contributed by atoms with E-state index in [-0.39, 0.29) is 5.91 Å². The number of carbonyl (C=O) groups excluding carboxylic acids is 1. The molecule has 5 nitrogen and oxygen atoms in total. The zero-order valence-corrected chi connectivity index (χ0v) is 14.9. The smallest absolute Gasteiger partial charge is 0.259 e. The van der Waals surface area contributed by atoms with E-state index in [2.05, 4.69) is 10.9 Å². The van der Waals surface area contributed by atoms with Crippen LogP contribution >= 0.6 is 0 Å². The Morgan fingerprint density at radius 3 is 2.58 bits per heavy atom. The van der Waals surface area contributed by atoms with Gasteiger partial charge in [-0.1, -0.05) is 31.2 Å². The highest BCUT2D eigenvalue weighted by molar-refractivity contribution is 6.26. The lowest BCUT2D eigenvalue weighted by molar-refractivity contribution is 0.0991. The van der Waals surface area contributed by atoms with E-state index in [0.717, 1.165) is 45.6 Å². The molecule has 0 atom stereocenters. The number of nitrogens with zero attached hydrogens (tertiary/aromatic N) is 1. The lowest BCUT2D eigenvalue weighted by atomic mass is 10.0. The number of amides is 1.